The number of ether oxygens (including phenoxy) is 1. The van der Waals surface area contributed by atoms with Gasteiger partial charge in [0.2, 0.25) is 0 Å². The van der Waals surface area contributed by atoms with Crippen LogP contribution < -0.4 is 5.32 Å². The molecule has 6 nitrogen and oxygen atoms in total. The van der Waals surface area contributed by atoms with Crippen molar-refractivity contribution in [2.45, 2.75) is 6.04 Å². The van der Waals surface area contributed by atoms with Crippen LogP contribution in [0.2, 0.25) is 5.02 Å². The summed E-state index contributed by atoms with van der Waals surface area (Å²) in [6.45, 7) is 3.33. The smallest absolute Gasteiger partial charge is 0.269 e. The predicted octanol–water partition coefficient (Wildman–Crippen LogP) is 3.47. The second-order valence-electron chi connectivity index (χ2n) is 7.05. The molecule has 0 saturated carbocycles. The number of nitrogens with one attached hydrogen (secondary N) is 1. The Balaban J connectivity index is 1.51. The minimum atomic E-state index is -0.332. The van der Waals surface area contributed by atoms with E-state index in [9.17, 15) is 9.18 Å². The highest BCUT2D eigenvalue weighted by Gasteiger charge is 2.24. The third kappa shape index (κ3) is 4.70. The molecule has 1 N–H and O–H groups in total. The van der Waals surface area contributed by atoms with Crippen molar-refractivity contribution in [2.24, 2.45) is 0 Å². The molecule has 1 aromatic heterocycles. The topological polar surface area (TPSA) is 59.4 Å². The molecule has 1 aliphatic rings. The summed E-state index contributed by atoms with van der Waals surface area (Å²) in [6.07, 6.45) is 3.05. The van der Waals surface area contributed by atoms with Crippen LogP contribution >= 0.6 is 11.6 Å². The number of hydrogen-bond donors (Lipinski definition) is 1. The van der Waals surface area contributed by atoms with Gasteiger partial charge in [0, 0.05) is 30.3 Å². The lowest BCUT2D eigenvalue weighted by Gasteiger charge is -2.35. The highest BCUT2D eigenvalue weighted by Crippen LogP contribution is 2.23. The lowest BCUT2D eigenvalue weighted by atomic mass is 10.0. The third-order valence-corrected chi connectivity index (χ3v) is 5.43. The fraction of sp³-hybridized carbons (Fsp3) is 0.273. The maximum atomic E-state index is 13.2. The number of nitrogens with zero attached hydrogens (tertiary/aromatic N) is 3. The molecule has 0 bridgehead atoms. The summed E-state index contributed by atoms with van der Waals surface area (Å²) in [7, 11) is 0. The second kappa shape index (κ2) is 9.38. The van der Waals surface area contributed by atoms with Gasteiger partial charge in [-0.15, -0.1) is 0 Å². The van der Waals surface area contributed by atoms with Crippen molar-refractivity contribution in [3.63, 3.8) is 0 Å². The first-order valence-electron chi connectivity index (χ1n) is 9.75. The summed E-state index contributed by atoms with van der Waals surface area (Å²) in [5.41, 5.74) is 2.13. The van der Waals surface area contributed by atoms with E-state index in [1.165, 1.54) is 18.3 Å². The number of halogens is 2. The van der Waals surface area contributed by atoms with E-state index in [1.807, 2.05) is 24.3 Å². The van der Waals surface area contributed by atoms with Crippen molar-refractivity contribution in [1.29, 1.82) is 0 Å². The first-order chi connectivity index (χ1) is 14.6. The summed E-state index contributed by atoms with van der Waals surface area (Å²) < 4.78 is 20.3. The Morgan fingerprint density at radius 2 is 1.83 bits per heavy atom. The van der Waals surface area contributed by atoms with Crippen molar-refractivity contribution in [3.05, 3.63) is 83.2 Å². The molecule has 0 radical (unpaired) electrons. The molecule has 2 heterocycles. The lowest BCUT2D eigenvalue weighted by molar-refractivity contribution is 0.0162. The summed E-state index contributed by atoms with van der Waals surface area (Å²) in [5, 5.41) is 3.70. The summed E-state index contributed by atoms with van der Waals surface area (Å²) in [4.78, 5) is 19.3. The van der Waals surface area contributed by atoms with Crippen LogP contribution in [0.1, 0.15) is 22.1 Å². The van der Waals surface area contributed by atoms with Crippen molar-refractivity contribution in [2.75, 3.05) is 32.8 Å². The second-order valence-corrected chi connectivity index (χ2v) is 7.49. The fourth-order valence-electron chi connectivity index (χ4n) is 3.58. The monoisotopic (exact) mass is 428 g/mol. The van der Waals surface area contributed by atoms with Gasteiger partial charge in [-0.1, -0.05) is 23.7 Å². The van der Waals surface area contributed by atoms with Crippen LogP contribution in [0.25, 0.3) is 5.69 Å². The van der Waals surface area contributed by atoms with E-state index in [4.69, 9.17) is 16.3 Å². The normalized spacial score (nSPS) is 15.7. The van der Waals surface area contributed by atoms with Crippen LogP contribution in [0.5, 0.6) is 0 Å². The highest BCUT2D eigenvalue weighted by molar-refractivity contribution is 6.30. The molecule has 2 aromatic carbocycles. The van der Waals surface area contributed by atoms with Gasteiger partial charge >= 0.3 is 0 Å². The molecule has 1 amide bonds. The molecule has 1 atom stereocenters. The number of rotatable bonds is 6. The van der Waals surface area contributed by atoms with E-state index in [2.05, 4.69) is 15.2 Å². The zero-order valence-electron chi connectivity index (χ0n) is 16.3. The first kappa shape index (κ1) is 20.5. The van der Waals surface area contributed by atoms with Crippen molar-refractivity contribution in [3.8, 4) is 5.69 Å². The molecular formula is C22H22ClFN4O2. The molecule has 1 saturated heterocycles. The number of carbonyl (C=O) groups is 1. The summed E-state index contributed by atoms with van der Waals surface area (Å²) >= 11 is 6.05. The quantitative estimate of drug-likeness (QED) is 0.653. The number of aromatic nitrogens is 2. The maximum absolute atomic E-state index is 13.2. The average molecular weight is 429 g/mol. The van der Waals surface area contributed by atoms with Crippen molar-refractivity contribution >= 4 is 17.5 Å². The molecule has 4 rings (SSSR count). The number of carbonyl (C=O) groups excluding carboxylic acids is 1. The van der Waals surface area contributed by atoms with Crippen LogP contribution in [-0.4, -0.2) is 53.2 Å². The van der Waals surface area contributed by atoms with E-state index in [0.717, 1.165) is 18.7 Å². The molecule has 1 aliphatic heterocycles. The SMILES string of the molecule is O=C(NCC(c1ccc(Cl)cc1)N1CCOCC1)c1cncn1-c1ccc(F)cc1. The number of morpholine rings is 1. The van der Waals surface area contributed by atoms with Crippen LogP contribution in [0.4, 0.5) is 4.39 Å². The van der Waals surface area contributed by atoms with Gasteiger partial charge < -0.3 is 10.1 Å². The third-order valence-electron chi connectivity index (χ3n) is 5.17. The molecule has 8 heteroatoms. The first-order valence-corrected chi connectivity index (χ1v) is 10.1. The van der Waals surface area contributed by atoms with Gasteiger partial charge in [-0.2, -0.15) is 0 Å². The standard InChI is InChI=1S/C22H22ClFN4O2/c23-17-3-1-16(2-4-17)20(27-9-11-30-12-10-27)14-26-22(29)21-13-25-15-28(21)19-7-5-18(24)6-8-19/h1-8,13,15,20H,9-12,14H2,(H,26,29). The summed E-state index contributed by atoms with van der Waals surface area (Å²) in [6, 6.07) is 13.6. The van der Waals surface area contributed by atoms with Gasteiger partial charge in [0.25, 0.3) is 5.91 Å². The van der Waals surface area contributed by atoms with Crippen molar-refractivity contribution in [1.82, 2.24) is 19.8 Å². The number of amides is 1. The van der Waals surface area contributed by atoms with E-state index >= 15 is 0 Å². The van der Waals surface area contributed by atoms with Crippen LogP contribution in [0, 0.1) is 5.82 Å². The van der Waals surface area contributed by atoms with Gasteiger partial charge in [0.05, 0.1) is 31.8 Å². The van der Waals surface area contributed by atoms with Crippen LogP contribution in [-0.2, 0) is 4.74 Å². The Hall–Kier alpha value is -2.74. The van der Waals surface area contributed by atoms with E-state index in [1.54, 1.807) is 23.0 Å². The summed E-state index contributed by atoms with van der Waals surface area (Å²) in [5.74, 6) is -0.578. The van der Waals surface area contributed by atoms with Gasteiger partial charge in [-0.25, -0.2) is 9.37 Å². The number of imidazole rings is 1. The minimum absolute atomic E-state index is 0.00249. The fourth-order valence-corrected chi connectivity index (χ4v) is 3.71. The molecule has 0 spiro atoms. The van der Waals surface area contributed by atoms with Gasteiger partial charge in [-0.05, 0) is 42.0 Å². The molecule has 156 valence electrons. The maximum Gasteiger partial charge on any atom is 0.269 e. The lowest BCUT2D eigenvalue weighted by Crippen LogP contribution is -2.44. The zero-order valence-corrected chi connectivity index (χ0v) is 17.1. The molecule has 1 unspecified atom stereocenters. The minimum Gasteiger partial charge on any atom is -0.379 e. The molecule has 0 aliphatic carbocycles. The largest absolute Gasteiger partial charge is 0.379 e. The van der Waals surface area contributed by atoms with Gasteiger partial charge in [-0.3, -0.25) is 14.3 Å². The molecule has 1 fully saturated rings. The van der Waals surface area contributed by atoms with Gasteiger partial charge in [0.1, 0.15) is 11.5 Å². The molecule has 30 heavy (non-hydrogen) atoms. The number of hydrogen-bond acceptors (Lipinski definition) is 4. The van der Waals surface area contributed by atoms with Gasteiger partial charge in [0.15, 0.2) is 0 Å². The van der Waals surface area contributed by atoms with Crippen molar-refractivity contribution < 1.29 is 13.9 Å². The molecular weight excluding hydrogens is 407 g/mol. The van der Waals surface area contributed by atoms with E-state index in [0.29, 0.717) is 36.2 Å². The zero-order chi connectivity index (χ0) is 20.9. The number of benzene rings is 2. The predicted molar refractivity (Wildman–Crippen MR) is 112 cm³/mol. The van der Waals surface area contributed by atoms with Crippen LogP contribution in [0.15, 0.2) is 61.1 Å². The molecule has 3 aromatic rings. The Labute approximate surface area is 179 Å². The average Bonchev–Trinajstić information content (AvgIpc) is 3.26. The Bertz CT molecular complexity index is 985. The highest BCUT2D eigenvalue weighted by atomic mass is 35.5. The van der Waals surface area contributed by atoms with E-state index < -0.39 is 0 Å². The Morgan fingerprint density at radius 1 is 1.13 bits per heavy atom. The Morgan fingerprint density at radius 3 is 2.53 bits per heavy atom. The Kier molecular flexibility index (Phi) is 6.42. The van der Waals surface area contributed by atoms with E-state index in [-0.39, 0.29) is 17.8 Å². The van der Waals surface area contributed by atoms with Crippen LogP contribution in [0.3, 0.4) is 0 Å².